The van der Waals surface area contributed by atoms with Crippen molar-refractivity contribution in [1.82, 2.24) is 0 Å². The van der Waals surface area contributed by atoms with E-state index in [1.807, 2.05) is 0 Å². The van der Waals surface area contributed by atoms with Gasteiger partial charge in [0.1, 0.15) is 5.75 Å². The normalized spacial score (nSPS) is 13.0. The third-order valence-corrected chi connectivity index (χ3v) is 6.67. The Labute approximate surface area is 189 Å². The Bertz CT molecular complexity index is 799. The van der Waals surface area contributed by atoms with Gasteiger partial charge < -0.3 is 9.29 Å². The van der Waals surface area contributed by atoms with Crippen molar-refractivity contribution in [3.63, 3.8) is 0 Å². The first-order valence-electron chi connectivity index (χ1n) is 11.4. The van der Waals surface area contributed by atoms with Crippen LogP contribution in [-0.2, 0) is 11.1 Å². The maximum Gasteiger partial charge on any atom is 0.193 e. The average Bonchev–Trinajstić information content (AvgIpc) is 2.80. The van der Waals surface area contributed by atoms with Crippen LogP contribution in [0.4, 0.5) is 0 Å². The predicted molar refractivity (Wildman–Crippen MR) is 126 cm³/mol. The van der Waals surface area contributed by atoms with E-state index in [0.717, 1.165) is 18.4 Å². The Morgan fingerprint density at radius 3 is 1.81 bits per heavy atom. The highest BCUT2D eigenvalue weighted by molar-refractivity contribution is 7.79. The van der Waals surface area contributed by atoms with Gasteiger partial charge in [0, 0.05) is 16.4 Å². The molecule has 0 spiro atoms. The van der Waals surface area contributed by atoms with Crippen LogP contribution >= 0.6 is 0 Å². The van der Waals surface area contributed by atoms with Crippen LogP contribution in [-0.4, -0.2) is 21.7 Å². The van der Waals surface area contributed by atoms with Crippen LogP contribution in [0, 0.1) is 0 Å². The second-order valence-corrected chi connectivity index (χ2v) is 9.14. The highest BCUT2D eigenvalue weighted by Gasteiger charge is 2.14. The summed E-state index contributed by atoms with van der Waals surface area (Å²) >= 11 is -2.17. The summed E-state index contributed by atoms with van der Waals surface area (Å²) in [5.41, 5.74) is 1.87. The average molecular weight is 444 g/mol. The van der Waals surface area contributed by atoms with Crippen LogP contribution in [0.3, 0.4) is 0 Å². The molecule has 0 bridgehead atoms. The van der Waals surface area contributed by atoms with E-state index in [-0.39, 0.29) is 5.78 Å². The van der Waals surface area contributed by atoms with E-state index < -0.39 is 16.3 Å². The molecule has 2 unspecified atom stereocenters. The maximum atomic E-state index is 12.7. The van der Waals surface area contributed by atoms with E-state index in [4.69, 9.17) is 4.74 Å². The number of rotatable bonds is 15. The monoisotopic (exact) mass is 443 g/mol. The minimum atomic E-state index is -2.17. The summed E-state index contributed by atoms with van der Waals surface area (Å²) in [4.78, 5) is 12.7. The van der Waals surface area contributed by atoms with Crippen molar-refractivity contribution in [2.24, 2.45) is 0 Å². The molecule has 0 saturated heterocycles. The summed E-state index contributed by atoms with van der Waals surface area (Å²) in [5, 5.41) is -0.519. The molecule has 2 aromatic carbocycles. The van der Waals surface area contributed by atoms with Gasteiger partial charge >= 0.3 is 0 Å². The molecule has 0 amide bonds. The van der Waals surface area contributed by atoms with Gasteiger partial charge in [0.25, 0.3) is 0 Å². The third-order valence-electron chi connectivity index (χ3n) is 5.70. The standard InChI is InChI=1S/C26H36O4S/c1-3-4-5-6-7-8-9-10-11-12-25(31(28)29)21-13-15-22(16-14-21)26(27)23-17-19-24(30-2)20-18-23/h13-20,25H,3-12H2,1-2H3,(H,28,29)/p-1. The molecule has 4 nitrogen and oxygen atoms in total. The molecule has 170 valence electrons. The van der Waals surface area contributed by atoms with Crippen LogP contribution < -0.4 is 4.74 Å². The zero-order valence-corrected chi connectivity index (χ0v) is 19.6. The fraction of sp³-hybridized carbons (Fsp3) is 0.500. The van der Waals surface area contributed by atoms with E-state index in [1.54, 1.807) is 55.6 Å². The molecule has 0 radical (unpaired) electrons. The van der Waals surface area contributed by atoms with Crippen LogP contribution in [0.15, 0.2) is 48.5 Å². The number of unbranched alkanes of at least 4 members (excludes halogenated alkanes) is 8. The van der Waals surface area contributed by atoms with Crippen LogP contribution in [0.5, 0.6) is 5.75 Å². The second kappa shape index (κ2) is 14.2. The smallest absolute Gasteiger partial charge is 0.193 e. The SMILES string of the molecule is CCCCCCCCCCCC(c1ccc(C(=O)c2ccc(OC)cc2)cc1)S(=O)[O-]. The lowest BCUT2D eigenvalue weighted by Crippen LogP contribution is -2.07. The van der Waals surface area contributed by atoms with Crippen molar-refractivity contribution in [1.29, 1.82) is 0 Å². The van der Waals surface area contributed by atoms with Gasteiger partial charge in [0.05, 0.1) is 7.11 Å². The van der Waals surface area contributed by atoms with Crippen molar-refractivity contribution in [3.05, 3.63) is 65.2 Å². The molecule has 0 aromatic heterocycles. The molecule has 5 heteroatoms. The number of hydrogen-bond acceptors (Lipinski definition) is 4. The van der Waals surface area contributed by atoms with Crippen molar-refractivity contribution in [2.45, 2.75) is 76.4 Å². The fourth-order valence-electron chi connectivity index (χ4n) is 3.77. The molecule has 2 atom stereocenters. The number of methoxy groups -OCH3 is 1. The molecule has 0 saturated carbocycles. The van der Waals surface area contributed by atoms with Gasteiger partial charge in [-0.1, -0.05) is 89.0 Å². The molecule has 0 N–H and O–H groups in total. The fourth-order valence-corrected chi connectivity index (χ4v) is 4.51. The molecule has 0 fully saturated rings. The van der Waals surface area contributed by atoms with Gasteiger partial charge in [-0.05, 0) is 47.3 Å². The predicted octanol–water partition coefficient (Wildman–Crippen LogP) is 6.77. The van der Waals surface area contributed by atoms with Gasteiger partial charge in [0.2, 0.25) is 0 Å². The Morgan fingerprint density at radius 2 is 1.32 bits per heavy atom. The second-order valence-electron chi connectivity index (χ2n) is 8.05. The molecule has 0 aliphatic rings. The lowest BCUT2D eigenvalue weighted by Gasteiger charge is -2.20. The molecule has 0 heterocycles. The van der Waals surface area contributed by atoms with Crippen molar-refractivity contribution in [3.8, 4) is 5.75 Å². The lowest BCUT2D eigenvalue weighted by molar-refractivity contribution is 0.103. The molecule has 2 aromatic rings. The van der Waals surface area contributed by atoms with E-state index in [1.165, 1.54) is 44.9 Å². The molecule has 2 rings (SSSR count). The summed E-state index contributed by atoms with van der Waals surface area (Å²) in [6.45, 7) is 2.22. The number of carbonyl (C=O) groups is 1. The quantitative estimate of drug-likeness (QED) is 0.173. The van der Waals surface area contributed by atoms with Crippen LogP contribution in [0.2, 0.25) is 0 Å². The third kappa shape index (κ3) is 8.58. The topological polar surface area (TPSA) is 66.4 Å². The van der Waals surface area contributed by atoms with Gasteiger partial charge in [-0.25, -0.2) is 0 Å². The van der Waals surface area contributed by atoms with Gasteiger partial charge in [-0.2, -0.15) is 0 Å². The Balaban J connectivity index is 1.84. The Morgan fingerprint density at radius 1 is 0.839 bits per heavy atom. The van der Waals surface area contributed by atoms with Gasteiger partial charge in [-0.3, -0.25) is 9.00 Å². The zero-order valence-electron chi connectivity index (χ0n) is 18.8. The molecule has 31 heavy (non-hydrogen) atoms. The number of carbonyl (C=O) groups excluding carboxylic acids is 1. The molecular weight excluding hydrogens is 408 g/mol. The summed E-state index contributed by atoms with van der Waals surface area (Å²) in [6, 6.07) is 13.9. The van der Waals surface area contributed by atoms with Crippen molar-refractivity contribution < 1.29 is 18.3 Å². The lowest BCUT2D eigenvalue weighted by atomic mass is 9.99. The zero-order chi connectivity index (χ0) is 22.5. The van der Waals surface area contributed by atoms with E-state index in [9.17, 15) is 13.6 Å². The van der Waals surface area contributed by atoms with Crippen LogP contribution in [0.25, 0.3) is 0 Å². The van der Waals surface area contributed by atoms with Gasteiger partial charge in [0.15, 0.2) is 5.78 Å². The Hall–Kier alpha value is -1.98. The number of ether oxygens (including phenoxy) is 1. The first kappa shape index (κ1) is 25.3. The van der Waals surface area contributed by atoms with E-state index in [0.29, 0.717) is 23.3 Å². The largest absolute Gasteiger partial charge is 0.772 e. The summed E-state index contributed by atoms with van der Waals surface area (Å²) in [6.07, 6.45) is 11.5. The van der Waals surface area contributed by atoms with Crippen molar-refractivity contribution >= 4 is 16.9 Å². The highest BCUT2D eigenvalue weighted by atomic mass is 32.2. The first-order chi connectivity index (χ1) is 15.1. The number of ketones is 1. The molecular formula is C26H35O4S-. The van der Waals surface area contributed by atoms with E-state index in [2.05, 4.69) is 6.92 Å². The number of hydrogen-bond donors (Lipinski definition) is 0. The minimum absolute atomic E-state index is 0.0899. The van der Waals surface area contributed by atoms with Crippen molar-refractivity contribution in [2.75, 3.05) is 7.11 Å². The summed E-state index contributed by atoms with van der Waals surface area (Å²) in [5.74, 6) is 0.608. The van der Waals surface area contributed by atoms with E-state index >= 15 is 0 Å². The van der Waals surface area contributed by atoms with Gasteiger partial charge in [-0.15, -0.1) is 0 Å². The summed E-state index contributed by atoms with van der Waals surface area (Å²) in [7, 11) is 1.58. The first-order valence-corrected chi connectivity index (χ1v) is 12.6. The maximum absolute atomic E-state index is 12.7. The molecule has 0 aliphatic heterocycles. The van der Waals surface area contributed by atoms with Crippen LogP contribution in [0.1, 0.15) is 97.9 Å². The highest BCUT2D eigenvalue weighted by Crippen LogP contribution is 2.26. The number of benzene rings is 2. The minimum Gasteiger partial charge on any atom is -0.772 e. The summed E-state index contributed by atoms with van der Waals surface area (Å²) < 4.78 is 28.7. The Kier molecular flexibility index (Phi) is 11.5. The molecule has 0 aliphatic carbocycles.